The van der Waals surface area contributed by atoms with E-state index in [0.29, 0.717) is 22.7 Å². The highest BCUT2D eigenvalue weighted by Gasteiger charge is 2.34. The first-order valence-electron chi connectivity index (χ1n) is 24.3. The maximum Gasteiger partial charge on any atom is 0.316 e. The summed E-state index contributed by atoms with van der Waals surface area (Å²) in [5.74, 6) is -2.89. The zero-order valence-electron chi connectivity index (χ0n) is 42.7. The molecule has 2 fully saturated rings. The van der Waals surface area contributed by atoms with Crippen LogP contribution >= 0.6 is 0 Å². The number of ketones is 4. The van der Waals surface area contributed by atoms with Crippen LogP contribution in [-0.4, -0.2) is 154 Å². The summed E-state index contributed by atoms with van der Waals surface area (Å²) in [6.07, 6.45) is 4.18. The number of hydrogen-bond acceptors (Lipinski definition) is 16. The lowest BCUT2D eigenvalue weighted by Gasteiger charge is -2.34. The molecule has 0 spiro atoms. The maximum atomic E-state index is 13.7. The molecule has 2 aliphatic heterocycles. The predicted molar refractivity (Wildman–Crippen MR) is 277 cm³/mol. The molecule has 6 heterocycles. The van der Waals surface area contributed by atoms with E-state index in [4.69, 9.17) is 9.47 Å². The number of carbonyl (C=O) groups is 6. The fraction of sp³-hybridized carbons (Fsp3) is 0.407. The van der Waals surface area contributed by atoms with Crippen LogP contribution in [0.2, 0.25) is 0 Å². The Morgan fingerprint density at radius 2 is 1.11 bits per heavy atom. The van der Waals surface area contributed by atoms with Gasteiger partial charge < -0.3 is 38.2 Å². The number of nitrogens with zero attached hydrogens (tertiary/aromatic N) is 10. The quantitative estimate of drug-likeness (QED) is 0.0455. The Morgan fingerprint density at radius 1 is 0.625 bits per heavy atom. The van der Waals surface area contributed by atoms with Crippen LogP contribution in [0.1, 0.15) is 86.5 Å². The smallest absolute Gasteiger partial charge is 0.316 e. The van der Waals surface area contributed by atoms with Crippen LogP contribution in [-0.2, 0) is 33.2 Å². The van der Waals surface area contributed by atoms with Crippen molar-refractivity contribution >= 4 is 68.5 Å². The molecule has 2 aromatic carbocycles. The van der Waals surface area contributed by atoms with Gasteiger partial charge in [-0.05, 0) is 102 Å². The van der Waals surface area contributed by atoms with Crippen molar-refractivity contribution in [1.29, 1.82) is 0 Å². The molecule has 0 bridgehead atoms. The summed E-state index contributed by atoms with van der Waals surface area (Å²) in [5, 5.41) is 0. The summed E-state index contributed by atoms with van der Waals surface area (Å²) < 4.78 is 13.6. The normalized spacial score (nSPS) is 14.4. The van der Waals surface area contributed by atoms with E-state index in [0.717, 1.165) is 91.4 Å². The largest absolute Gasteiger partial charge is 0.466 e. The van der Waals surface area contributed by atoms with E-state index < -0.39 is 23.6 Å². The minimum atomic E-state index is -1.12. The van der Waals surface area contributed by atoms with Crippen LogP contribution in [0.15, 0.2) is 85.7 Å². The first-order chi connectivity index (χ1) is 34.6. The van der Waals surface area contributed by atoms with Crippen LogP contribution in [0.5, 0.6) is 0 Å². The number of esters is 2. The molecule has 2 saturated heterocycles. The van der Waals surface area contributed by atoms with Gasteiger partial charge in [0.2, 0.25) is 17.3 Å². The number of pyridine rings is 2. The first-order valence-corrected chi connectivity index (χ1v) is 24.3. The van der Waals surface area contributed by atoms with Crippen LogP contribution in [0, 0.1) is 19.8 Å². The summed E-state index contributed by atoms with van der Waals surface area (Å²) in [7, 11) is 7.85. The fourth-order valence-corrected chi connectivity index (χ4v) is 8.76. The number of anilines is 2. The number of hydrogen-bond donors (Lipinski definition) is 0. The molecule has 18 heteroatoms. The van der Waals surface area contributed by atoms with Crippen molar-refractivity contribution in [2.24, 2.45) is 20.0 Å². The van der Waals surface area contributed by atoms with E-state index >= 15 is 0 Å². The van der Waals surface area contributed by atoms with Crippen molar-refractivity contribution in [3.8, 4) is 0 Å². The fourth-order valence-electron chi connectivity index (χ4n) is 8.76. The van der Waals surface area contributed by atoms with E-state index in [1.807, 2.05) is 63.4 Å². The molecule has 380 valence electrons. The molecule has 1 unspecified atom stereocenters. The minimum Gasteiger partial charge on any atom is -0.466 e. The van der Waals surface area contributed by atoms with Gasteiger partial charge in [0.1, 0.15) is 23.7 Å². The number of rotatable bonds is 16. The van der Waals surface area contributed by atoms with Crippen LogP contribution < -0.4 is 9.80 Å². The number of benzene rings is 2. The molecule has 72 heavy (non-hydrogen) atoms. The zero-order valence-corrected chi connectivity index (χ0v) is 42.7. The molecule has 1 atom stereocenters. The molecule has 0 radical (unpaired) electrons. The summed E-state index contributed by atoms with van der Waals surface area (Å²) in [6, 6.07) is 19.0. The number of ether oxygens (including phenoxy) is 2. The number of aromatic nitrogens is 6. The third kappa shape index (κ3) is 12.9. The van der Waals surface area contributed by atoms with Crippen molar-refractivity contribution in [3.63, 3.8) is 0 Å². The molecule has 0 amide bonds. The van der Waals surface area contributed by atoms with Crippen LogP contribution in [0.25, 0.3) is 22.1 Å². The number of aryl methyl sites for hydroxylation is 4. The highest BCUT2D eigenvalue weighted by Crippen LogP contribution is 2.31. The van der Waals surface area contributed by atoms with Crippen molar-refractivity contribution in [2.45, 2.75) is 47.0 Å². The average Bonchev–Trinajstić information content (AvgIpc) is 3.91. The number of likely N-dealkylation sites (N-methyl/N-ethyl adjacent to an activating group) is 2. The molecule has 18 nitrogen and oxygen atoms in total. The number of fused-ring (bicyclic) bond motifs is 2. The number of para-hydroxylation sites is 2. The van der Waals surface area contributed by atoms with Gasteiger partial charge in [0.05, 0.1) is 46.7 Å². The van der Waals surface area contributed by atoms with Crippen LogP contribution in [0.3, 0.4) is 0 Å². The Balaban J connectivity index is 0.000000202. The second-order valence-electron chi connectivity index (χ2n) is 17.8. The van der Waals surface area contributed by atoms with Crippen LogP contribution in [0.4, 0.5) is 11.4 Å². The lowest BCUT2D eigenvalue weighted by atomic mass is 9.95. The summed E-state index contributed by atoms with van der Waals surface area (Å²) >= 11 is 0. The molecule has 0 saturated carbocycles. The Hall–Kier alpha value is -7.44. The van der Waals surface area contributed by atoms with Crippen molar-refractivity contribution in [1.82, 2.24) is 38.9 Å². The first kappa shape index (κ1) is 53.9. The molecule has 0 N–H and O–H groups in total. The van der Waals surface area contributed by atoms with Gasteiger partial charge in [0.15, 0.2) is 17.4 Å². The molecule has 8 rings (SSSR count). The number of piperazine rings is 2. The Morgan fingerprint density at radius 3 is 1.60 bits per heavy atom. The Kier molecular flexibility index (Phi) is 18.8. The summed E-state index contributed by atoms with van der Waals surface area (Å²) in [4.78, 5) is 101. The maximum absolute atomic E-state index is 13.7. The topological polar surface area (TPSA) is 195 Å². The molecule has 6 aromatic rings. The van der Waals surface area contributed by atoms with Gasteiger partial charge in [-0.15, -0.1) is 0 Å². The minimum absolute atomic E-state index is 0.00353. The van der Waals surface area contributed by atoms with E-state index in [9.17, 15) is 28.8 Å². The van der Waals surface area contributed by atoms with Gasteiger partial charge in [-0.1, -0.05) is 30.8 Å². The van der Waals surface area contributed by atoms with Crippen molar-refractivity contribution < 1.29 is 38.2 Å². The van der Waals surface area contributed by atoms with Gasteiger partial charge in [-0.25, -0.2) is 9.97 Å². The average molecular weight is 983 g/mol. The lowest BCUT2D eigenvalue weighted by Crippen LogP contribution is -2.44. The summed E-state index contributed by atoms with van der Waals surface area (Å²) in [6.45, 7) is 18.4. The second-order valence-corrected chi connectivity index (χ2v) is 17.8. The zero-order chi connectivity index (χ0) is 52.1. The Labute approximate surface area is 420 Å². The number of carbonyl (C=O) groups excluding carboxylic acids is 6. The molecule has 0 aliphatic carbocycles. The van der Waals surface area contributed by atoms with E-state index in [-0.39, 0.29) is 55.7 Å². The molecular weight excluding hydrogens is 917 g/mol. The van der Waals surface area contributed by atoms with E-state index in [2.05, 4.69) is 66.3 Å². The van der Waals surface area contributed by atoms with Crippen molar-refractivity contribution in [2.75, 3.05) is 89.5 Å². The van der Waals surface area contributed by atoms with Gasteiger partial charge in [-0.3, -0.25) is 38.7 Å². The van der Waals surface area contributed by atoms with Gasteiger partial charge in [-0.2, -0.15) is 0 Å². The number of allylic oxidation sites excluding steroid dienone is 1. The standard InChI is InChI=1S/C27H33N5O4.C18H24N4O3.C9H9NO/c1-5-36-27(35)19(11-12-22(33)23-18(2)8-7-13-28-23)25(34)26-29-20-9-6-10-21(24(20)31(26)4)32-16-14-30(3)15-17-32;1-4-25-16(24)12-15(23)18-19-13-6-5-7-14(17(13)21(18)3)22-10-8-20(2)9-11-22;1-3-8(11)9-7(2)5-4-6-10-9/h6-10,13,19H,5,11-12,14-17H2,1-4H3;5-7H,4,8-12H2,1-3H3;3-6H,1H2,2H3. The third-order valence-electron chi connectivity index (χ3n) is 12.8. The van der Waals surface area contributed by atoms with Gasteiger partial charge in [0, 0.05) is 85.3 Å². The highest BCUT2D eigenvalue weighted by atomic mass is 16.5. The monoisotopic (exact) mass is 983 g/mol. The van der Waals surface area contributed by atoms with E-state index in [1.165, 1.54) is 6.08 Å². The second kappa shape index (κ2) is 25.1. The van der Waals surface area contributed by atoms with Gasteiger partial charge >= 0.3 is 11.9 Å². The Bertz CT molecular complexity index is 2930. The molecular formula is C54H66N10O8. The lowest BCUT2D eigenvalue weighted by molar-refractivity contribution is -0.146. The molecule has 2 aliphatic rings. The number of imidazole rings is 2. The number of Topliss-reactive ketones (excluding diaryl/α,β-unsaturated/α-hetero) is 3. The predicted octanol–water partition coefficient (Wildman–Crippen LogP) is 6.27. The third-order valence-corrected chi connectivity index (χ3v) is 12.8. The SMILES string of the molecule is C=CC(=O)c1ncccc1C.CCOC(=O)C(CCC(=O)c1ncccc1C)C(=O)c1nc2cccc(N3CCN(C)CC3)c2n1C.CCOC(=O)CC(=O)c1nc2cccc(N3CCN(C)CC3)c2n1C. The summed E-state index contributed by atoms with van der Waals surface area (Å²) in [5.41, 5.74) is 7.83. The van der Waals surface area contributed by atoms with Gasteiger partial charge in [0.25, 0.3) is 0 Å². The van der Waals surface area contributed by atoms with Crippen molar-refractivity contribution in [3.05, 3.63) is 120 Å². The highest BCUT2D eigenvalue weighted by molar-refractivity contribution is 6.10. The molecule has 4 aromatic heterocycles. The van der Waals surface area contributed by atoms with E-state index in [1.54, 1.807) is 54.6 Å².